The van der Waals surface area contributed by atoms with Gasteiger partial charge in [0.05, 0.1) is 23.8 Å². The number of nitrogens with one attached hydrogen (secondary N) is 2. The standard InChI is InChI=1S/C36H30N2O3.C23H21NO4.C14H15NO.H2O4S/c1-4-38(26-16-14-23(2)15-17-26)27-18-19-30-34(21-27)40-33-20-24(3)32(37-25-10-6-5-7-11-25)22-31(33)36(30)29-13-9-8-12-28(29)35(39)41-36;1-3-24(16-10-8-15(2)9-11-16)17-12-13-20(21(25)14-17)22(26)18-6-4-5-7-19(18)23(27)28;1-11-10-13(16-2)8-9-14(11)15-12-6-4-3-5-7-12;1-5(2,3)4/h5-22,37H,4H2,1-3H3;4-14,25H,3H2,1-2H3,(H,27,28);3-10,15H,1-2H3;(H2,1,2,3,4). The normalized spacial score (nSPS) is 13.1. The van der Waals surface area contributed by atoms with Crippen molar-refractivity contribution < 1.29 is 56.3 Å². The van der Waals surface area contributed by atoms with Gasteiger partial charge in [0, 0.05) is 93.0 Å². The number of carboxylic acid groups (broad SMARTS) is 1. The van der Waals surface area contributed by atoms with E-state index in [0.29, 0.717) is 23.6 Å². The van der Waals surface area contributed by atoms with Crippen LogP contribution in [0.15, 0.2) is 224 Å². The zero-order valence-corrected chi connectivity index (χ0v) is 51.5. The molecule has 0 saturated heterocycles. The minimum absolute atomic E-state index is 0.0453. The molecule has 0 saturated carbocycles. The molecule has 0 aliphatic carbocycles. The van der Waals surface area contributed by atoms with Gasteiger partial charge in [-0.1, -0.05) is 108 Å². The summed E-state index contributed by atoms with van der Waals surface area (Å²) in [6.45, 7) is 13.8. The second-order valence-corrected chi connectivity index (χ2v) is 22.1. The Hall–Kier alpha value is -10.7. The number of ether oxygens (including phenoxy) is 3. The van der Waals surface area contributed by atoms with Gasteiger partial charge in [-0.2, -0.15) is 8.42 Å². The number of fused-ring (bicyclic) bond motifs is 6. The number of phenolic OH excluding ortho intramolecular Hbond substituents is 1. The first-order valence-corrected chi connectivity index (χ1v) is 30.3. The largest absolute Gasteiger partial charge is 0.507 e. The Labute approximate surface area is 523 Å². The molecule has 16 nitrogen and oxygen atoms in total. The van der Waals surface area contributed by atoms with Gasteiger partial charge in [0.2, 0.25) is 0 Å². The summed E-state index contributed by atoms with van der Waals surface area (Å²) in [6, 6.07) is 71.4. The van der Waals surface area contributed by atoms with E-state index in [9.17, 15) is 24.6 Å². The topological polar surface area (TPSA) is 224 Å². The van der Waals surface area contributed by atoms with Gasteiger partial charge in [-0.05, 0) is 168 Å². The van der Waals surface area contributed by atoms with Crippen LogP contribution in [-0.4, -0.2) is 65.7 Å². The predicted octanol–water partition coefficient (Wildman–Crippen LogP) is 16.7. The molecule has 10 aromatic carbocycles. The summed E-state index contributed by atoms with van der Waals surface area (Å²) < 4.78 is 49.8. The Kier molecular flexibility index (Phi) is 19.8. The number of benzene rings is 10. The summed E-state index contributed by atoms with van der Waals surface area (Å²) in [7, 11) is -2.99. The number of para-hydroxylation sites is 2. The zero-order chi connectivity index (χ0) is 64.3. The molecule has 1 unspecified atom stereocenters. The van der Waals surface area contributed by atoms with E-state index in [1.165, 1.54) is 35.4 Å². The lowest BCUT2D eigenvalue weighted by atomic mass is 9.77. The van der Waals surface area contributed by atoms with Crippen molar-refractivity contribution in [3.8, 4) is 23.0 Å². The number of phenols is 1. The van der Waals surface area contributed by atoms with Crippen molar-refractivity contribution in [1.82, 2.24) is 0 Å². The van der Waals surface area contributed by atoms with Crippen LogP contribution < -0.4 is 29.9 Å². The third-order valence-corrected chi connectivity index (χ3v) is 15.2. The van der Waals surface area contributed by atoms with Crippen molar-refractivity contribution in [2.24, 2.45) is 0 Å². The first kappa shape index (κ1) is 63.8. The van der Waals surface area contributed by atoms with Gasteiger partial charge in [-0.3, -0.25) is 13.9 Å². The summed E-state index contributed by atoms with van der Waals surface area (Å²) in [5, 5.41) is 26.7. The molecule has 10 aromatic rings. The van der Waals surface area contributed by atoms with Crippen molar-refractivity contribution in [2.45, 2.75) is 47.1 Å². The molecule has 2 aliphatic rings. The fraction of sp³-hybridized carbons (Fsp3) is 0.137. The molecule has 0 radical (unpaired) electrons. The maximum atomic E-state index is 13.3. The highest BCUT2D eigenvalue weighted by molar-refractivity contribution is 7.79. The molecule has 0 aromatic heterocycles. The van der Waals surface area contributed by atoms with Crippen molar-refractivity contribution in [3.05, 3.63) is 286 Å². The first-order chi connectivity index (χ1) is 43.2. The monoisotopic (exact) mass is 1220 g/mol. The number of hydrogen-bond acceptors (Lipinski definition) is 13. The van der Waals surface area contributed by atoms with Crippen LogP contribution in [-0.2, 0) is 20.7 Å². The lowest BCUT2D eigenvalue weighted by Crippen LogP contribution is -2.33. The molecule has 458 valence electrons. The maximum absolute atomic E-state index is 13.3. The molecular formula is C73H68N4O12S. The molecule has 1 atom stereocenters. The summed E-state index contributed by atoms with van der Waals surface area (Å²) >= 11 is 0. The highest BCUT2D eigenvalue weighted by atomic mass is 32.3. The third kappa shape index (κ3) is 14.6. The first-order valence-electron chi connectivity index (χ1n) is 28.9. The minimum Gasteiger partial charge on any atom is -0.507 e. The Morgan fingerprint density at radius 3 is 1.56 bits per heavy atom. The van der Waals surface area contributed by atoms with Gasteiger partial charge in [-0.25, -0.2) is 9.59 Å². The molecule has 12 rings (SSSR count). The average Bonchev–Trinajstić information content (AvgIpc) is 1.43. The second kappa shape index (κ2) is 28.0. The quantitative estimate of drug-likeness (QED) is 0.0338. The lowest BCUT2D eigenvalue weighted by molar-refractivity contribution is 0.0224. The van der Waals surface area contributed by atoms with Crippen LogP contribution in [0.1, 0.15) is 89.4 Å². The molecule has 0 amide bonds. The van der Waals surface area contributed by atoms with Gasteiger partial charge in [0.1, 0.15) is 23.0 Å². The SMILES string of the molecule is CCN(c1ccc(C)cc1)c1ccc(C(=O)c2ccccc2C(=O)O)c(O)c1.CCN(c1ccc(C)cc1)c1ccc2c(c1)Oc1cc(C)c(Nc3ccccc3)cc1C21OC(=O)c2ccccc21.COc1ccc(Nc2ccccc2)c(C)c1.O=S(=O)(O)O. The van der Waals surface area contributed by atoms with E-state index in [1.807, 2.05) is 158 Å². The van der Waals surface area contributed by atoms with Crippen LogP contribution in [0.5, 0.6) is 23.0 Å². The van der Waals surface area contributed by atoms with Gasteiger partial charge >= 0.3 is 22.3 Å². The highest BCUT2D eigenvalue weighted by Gasteiger charge is 2.54. The Balaban J connectivity index is 0.000000169. The number of anilines is 8. The van der Waals surface area contributed by atoms with Crippen LogP contribution in [0.2, 0.25) is 0 Å². The molecule has 90 heavy (non-hydrogen) atoms. The van der Waals surface area contributed by atoms with Crippen molar-refractivity contribution in [3.63, 3.8) is 0 Å². The van der Waals surface area contributed by atoms with E-state index in [1.54, 1.807) is 25.3 Å². The van der Waals surface area contributed by atoms with E-state index in [-0.39, 0.29) is 28.4 Å². The van der Waals surface area contributed by atoms with Gasteiger partial charge in [0.15, 0.2) is 11.4 Å². The summed E-state index contributed by atoms with van der Waals surface area (Å²) in [6.07, 6.45) is 0. The van der Waals surface area contributed by atoms with Gasteiger partial charge in [-0.15, -0.1) is 0 Å². The smallest absolute Gasteiger partial charge is 0.394 e. The number of aromatic carboxylic acids is 1. The molecule has 17 heteroatoms. The number of aryl methyl sites for hydroxylation is 4. The number of nitrogens with zero attached hydrogens (tertiary/aromatic N) is 2. The Morgan fingerprint density at radius 1 is 0.522 bits per heavy atom. The third-order valence-electron chi connectivity index (χ3n) is 15.2. The van der Waals surface area contributed by atoms with E-state index in [0.717, 1.165) is 85.6 Å². The molecular weight excluding hydrogens is 1160 g/mol. The van der Waals surface area contributed by atoms with Crippen LogP contribution in [0.3, 0.4) is 0 Å². The van der Waals surface area contributed by atoms with E-state index < -0.39 is 27.8 Å². The maximum Gasteiger partial charge on any atom is 0.394 e. The summed E-state index contributed by atoms with van der Waals surface area (Å²) in [5.74, 6) is -0.000249. The second-order valence-electron chi connectivity index (χ2n) is 21.2. The molecule has 6 N–H and O–H groups in total. The number of rotatable bonds is 14. The number of hydrogen-bond donors (Lipinski definition) is 6. The van der Waals surface area contributed by atoms with Gasteiger partial charge in [0.25, 0.3) is 0 Å². The number of carbonyl (C=O) groups is 3. The van der Waals surface area contributed by atoms with Crippen molar-refractivity contribution in [2.75, 3.05) is 40.6 Å². The molecule has 0 bridgehead atoms. The number of methoxy groups -OCH3 is 1. The zero-order valence-electron chi connectivity index (χ0n) is 50.6. The van der Waals surface area contributed by atoms with E-state index in [4.69, 9.17) is 31.7 Å². The number of ketones is 1. The van der Waals surface area contributed by atoms with E-state index >= 15 is 0 Å². The van der Waals surface area contributed by atoms with Crippen LogP contribution in [0, 0.1) is 27.7 Å². The van der Waals surface area contributed by atoms with Crippen LogP contribution >= 0.6 is 0 Å². The van der Waals surface area contributed by atoms with Crippen LogP contribution in [0.25, 0.3) is 0 Å². The minimum atomic E-state index is -4.67. The molecule has 2 heterocycles. The molecule has 0 fully saturated rings. The highest BCUT2D eigenvalue weighted by Crippen LogP contribution is 2.57. The Bertz CT molecular complexity index is 4330. The average molecular weight is 1230 g/mol. The van der Waals surface area contributed by atoms with Crippen LogP contribution in [0.4, 0.5) is 45.5 Å². The van der Waals surface area contributed by atoms with Crippen molar-refractivity contribution in [1.29, 1.82) is 0 Å². The molecule has 1 spiro atoms. The van der Waals surface area contributed by atoms with Gasteiger partial charge < -0.3 is 44.9 Å². The summed E-state index contributed by atoms with van der Waals surface area (Å²) in [4.78, 5) is 41.8. The number of carboxylic acids is 1. The Morgan fingerprint density at radius 2 is 1.01 bits per heavy atom. The van der Waals surface area contributed by atoms with E-state index in [2.05, 4.69) is 85.7 Å². The number of aromatic hydroxyl groups is 1. The number of esters is 1. The van der Waals surface area contributed by atoms with Crippen molar-refractivity contribution >= 4 is 73.6 Å². The fourth-order valence-electron chi connectivity index (χ4n) is 10.7. The molecule has 2 aliphatic heterocycles. The number of carbonyl (C=O) groups excluding carboxylic acids is 2. The predicted molar refractivity (Wildman–Crippen MR) is 353 cm³/mol. The summed E-state index contributed by atoms with van der Waals surface area (Å²) in [5.41, 5.74) is 14.4. The lowest BCUT2D eigenvalue weighted by Gasteiger charge is -2.38. The fourth-order valence-corrected chi connectivity index (χ4v) is 10.7.